The van der Waals surface area contributed by atoms with Gasteiger partial charge in [0.25, 0.3) is 0 Å². The number of aromatic hydroxyl groups is 2. The lowest BCUT2D eigenvalue weighted by atomic mass is 10.3. The van der Waals surface area contributed by atoms with Gasteiger partial charge in [0.2, 0.25) is 0 Å². The second-order valence-corrected chi connectivity index (χ2v) is 2.89. The molecule has 0 aromatic carbocycles. The zero-order valence-electron chi connectivity index (χ0n) is 7.35. The van der Waals surface area contributed by atoms with E-state index in [1.54, 1.807) is 6.92 Å². The summed E-state index contributed by atoms with van der Waals surface area (Å²) < 4.78 is 0.956. The number of rotatable bonds is 2. The van der Waals surface area contributed by atoms with Crippen LogP contribution in [0, 0.1) is 6.92 Å². The minimum Gasteiger partial charge on any atom is -0.494 e. The molecule has 0 radical (unpaired) electrons. The summed E-state index contributed by atoms with van der Waals surface area (Å²) in [5, 5.41) is 27.3. The molecule has 1 heterocycles. The molecule has 0 amide bonds. The van der Waals surface area contributed by atoms with Crippen LogP contribution in [0.1, 0.15) is 18.5 Å². The van der Waals surface area contributed by atoms with Crippen molar-refractivity contribution in [3.05, 3.63) is 11.6 Å². The lowest BCUT2D eigenvalue weighted by molar-refractivity contribution is -0.140. The van der Waals surface area contributed by atoms with E-state index in [4.69, 9.17) is 5.11 Å². The third-order valence-corrected chi connectivity index (χ3v) is 1.92. The van der Waals surface area contributed by atoms with Gasteiger partial charge in [0.1, 0.15) is 6.04 Å². The zero-order valence-corrected chi connectivity index (χ0v) is 7.35. The summed E-state index contributed by atoms with van der Waals surface area (Å²) in [6, 6.07) is 0.336. The van der Waals surface area contributed by atoms with E-state index < -0.39 is 12.0 Å². The van der Waals surface area contributed by atoms with E-state index >= 15 is 0 Å². The summed E-state index contributed by atoms with van der Waals surface area (Å²) in [4.78, 5) is 10.6. The predicted octanol–water partition coefficient (Wildman–Crippen LogP) is 0.853. The van der Waals surface area contributed by atoms with Gasteiger partial charge in [-0.3, -0.25) is 4.57 Å². The van der Waals surface area contributed by atoms with Crippen LogP contribution < -0.4 is 0 Å². The molecule has 0 fully saturated rings. The second kappa shape index (κ2) is 3.01. The monoisotopic (exact) mass is 185 g/mol. The summed E-state index contributed by atoms with van der Waals surface area (Å²) in [7, 11) is 0. The lowest BCUT2D eigenvalue weighted by Gasteiger charge is -2.10. The highest BCUT2D eigenvalue weighted by atomic mass is 16.4. The van der Waals surface area contributed by atoms with Crippen LogP contribution in [-0.4, -0.2) is 25.9 Å². The fourth-order valence-electron chi connectivity index (χ4n) is 1.12. The van der Waals surface area contributed by atoms with Crippen LogP contribution in [-0.2, 0) is 4.79 Å². The minimum atomic E-state index is -1.11. The molecule has 1 aromatic rings. The van der Waals surface area contributed by atoms with Crippen molar-refractivity contribution in [3.63, 3.8) is 0 Å². The molecule has 0 spiro atoms. The summed E-state index contributed by atoms with van der Waals surface area (Å²) >= 11 is 0. The average molecular weight is 185 g/mol. The number of hydrogen-bond donors (Lipinski definition) is 3. The highest BCUT2D eigenvalue weighted by molar-refractivity contribution is 5.72. The Balaban J connectivity index is 3.20. The first-order valence-corrected chi connectivity index (χ1v) is 3.77. The second-order valence-electron chi connectivity index (χ2n) is 2.89. The number of hydrogen-bond acceptors (Lipinski definition) is 3. The fourth-order valence-corrected chi connectivity index (χ4v) is 1.12. The smallest absolute Gasteiger partial charge is 0.326 e. The molecule has 5 heteroatoms. The topological polar surface area (TPSA) is 82.7 Å². The number of aromatic nitrogens is 1. The van der Waals surface area contributed by atoms with E-state index in [0.717, 1.165) is 4.57 Å². The Hall–Kier alpha value is -1.65. The molecular weight excluding hydrogens is 174 g/mol. The van der Waals surface area contributed by atoms with Gasteiger partial charge in [-0.2, -0.15) is 0 Å². The molecule has 0 aliphatic heterocycles. The molecule has 1 aromatic heterocycles. The molecule has 1 unspecified atom stereocenters. The van der Waals surface area contributed by atoms with Gasteiger partial charge in [0.15, 0.2) is 11.8 Å². The number of aliphatic carboxylic acids is 1. The molecule has 5 nitrogen and oxygen atoms in total. The molecular formula is C8H11NO4. The SMILES string of the molecule is Cc1cc(O)n(C(C)C(=O)O)c1O. The molecule has 0 aliphatic carbocycles. The number of aryl methyl sites for hydroxylation is 1. The summed E-state index contributed by atoms with van der Waals surface area (Å²) in [5.74, 6) is -1.57. The standard InChI is InChI=1S/C8H11NO4/c1-4-3-6(10)9(7(4)11)5(2)8(12)13/h3,5,10-11H,1-2H3,(H,12,13). The number of carbonyl (C=O) groups is 1. The van der Waals surface area contributed by atoms with Crippen molar-refractivity contribution in [1.82, 2.24) is 4.57 Å². The van der Waals surface area contributed by atoms with Gasteiger partial charge >= 0.3 is 5.97 Å². The van der Waals surface area contributed by atoms with Gasteiger partial charge in [0, 0.05) is 11.6 Å². The first-order valence-electron chi connectivity index (χ1n) is 3.77. The molecule has 0 saturated heterocycles. The van der Waals surface area contributed by atoms with Gasteiger partial charge in [-0.05, 0) is 13.8 Å². The average Bonchev–Trinajstić information content (AvgIpc) is 2.26. The van der Waals surface area contributed by atoms with Gasteiger partial charge < -0.3 is 15.3 Å². The Morgan fingerprint density at radius 3 is 2.38 bits per heavy atom. The molecule has 72 valence electrons. The lowest BCUT2D eigenvalue weighted by Crippen LogP contribution is -2.14. The van der Waals surface area contributed by atoms with Crippen LogP contribution in [0.15, 0.2) is 6.07 Å². The number of carboxylic acid groups (broad SMARTS) is 1. The van der Waals surface area contributed by atoms with Crippen LogP contribution in [0.4, 0.5) is 0 Å². The maximum Gasteiger partial charge on any atom is 0.326 e. The summed E-state index contributed by atoms with van der Waals surface area (Å²) in [5.41, 5.74) is 0.450. The maximum atomic E-state index is 10.6. The molecule has 3 N–H and O–H groups in total. The van der Waals surface area contributed by atoms with Crippen molar-refractivity contribution in [2.45, 2.75) is 19.9 Å². The van der Waals surface area contributed by atoms with Gasteiger partial charge in [-0.1, -0.05) is 0 Å². The molecule has 1 atom stereocenters. The fraction of sp³-hybridized carbons (Fsp3) is 0.375. The van der Waals surface area contributed by atoms with E-state index in [1.807, 2.05) is 0 Å². The Bertz CT molecular complexity index is 342. The summed E-state index contributed by atoms with van der Waals surface area (Å²) in [6.45, 7) is 2.96. The van der Waals surface area contributed by atoms with Crippen LogP contribution in [0.5, 0.6) is 11.8 Å². The zero-order chi connectivity index (χ0) is 10.2. The Kier molecular flexibility index (Phi) is 2.18. The largest absolute Gasteiger partial charge is 0.494 e. The van der Waals surface area contributed by atoms with E-state index in [0.29, 0.717) is 5.56 Å². The van der Waals surface area contributed by atoms with Crippen molar-refractivity contribution in [1.29, 1.82) is 0 Å². The van der Waals surface area contributed by atoms with E-state index in [2.05, 4.69) is 0 Å². The minimum absolute atomic E-state index is 0.215. The molecule has 0 saturated carbocycles. The van der Waals surface area contributed by atoms with Crippen LogP contribution in [0.25, 0.3) is 0 Å². The van der Waals surface area contributed by atoms with E-state index in [1.165, 1.54) is 13.0 Å². The van der Waals surface area contributed by atoms with Crippen molar-refractivity contribution < 1.29 is 20.1 Å². The Morgan fingerprint density at radius 2 is 2.08 bits per heavy atom. The van der Waals surface area contributed by atoms with Crippen LogP contribution >= 0.6 is 0 Å². The molecule has 0 aliphatic rings. The molecule has 13 heavy (non-hydrogen) atoms. The first-order chi connectivity index (χ1) is 5.95. The summed E-state index contributed by atoms with van der Waals surface area (Å²) in [6.07, 6.45) is 0. The van der Waals surface area contributed by atoms with Crippen molar-refractivity contribution >= 4 is 5.97 Å². The highest BCUT2D eigenvalue weighted by Crippen LogP contribution is 2.30. The van der Waals surface area contributed by atoms with Crippen LogP contribution in [0.2, 0.25) is 0 Å². The van der Waals surface area contributed by atoms with E-state index in [-0.39, 0.29) is 11.8 Å². The highest BCUT2D eigenvalue weighted by Gasteiger charge is 2.21. The number of carboxylic acids is 1. The third kappa shape index (κ3) is 1.44. The first kappa shape index (κ1) is 9.44. The number of nitrogens with zero attached hydrogens (tertiary/aromatic N) is 1. The Labute approximate surface area is 74.9 Å². The maximum absolute atomic E-state index is 10.6. The van der Waals surface area contributed by atoms with Gasteiger partial charge in [-0.25, -0.2) is 4.79 Å². The van der Waals surface area contributed by atoms with Gasteiger partial charge in [-0.15, -0.1) is 0 Å². The quantitative estimate of drug-likeness (QED) is 0.638. The normalized spacial score (nSPS) is 12.8. The van der Waals surface area contributed by atoms with E-state index in [9.17, 15) is 15.0 Å². The van der Waals surface area contributed by atoms with Crippen molar-refractivity contribution in [3.8, 4) is 11.8 Å². The van der Waals surface area contributed by atoms with Crippen molar-refractivity contribution in [2.24, 2.45) is 0 Å². The Morgan fingerprint density at radius 1 is 1.54 bits per heavy atom. The predicted molar refractivity (Wildman–Crippen MR) is 44.8 cm³/mol. The van der Waals surface area contributed by atoms with Gasteiger partial charge in [0.05, 0.1) is 0 Å². The van der Waals surface area contributed by atoms with Crippen molar-refractivity contribution in [2.75, 3.05) is 0 Å². The molecule has 1 rings (SSSR count). The third-order valence-electron chi connectivity index (χ3n) is 1.92. The molecule has 0 bridgehead atoms. The van der Waals surface area contributed by atoms with Crippen LogP contribution in [0.3, 0.4) is 0 Å².